The lowest BCUT2D eigenvalue weighted by atomic mass is 9.86. The summed E-state index contributed by atoms with van der Waals surface area (Å²) in [7, 11) is 0. The van der Waals surface area contributed by atoms with E-state index in [0.29, 0.717) is 18.2 Å². The van der Waals surface area contributed by atoms with Gasteiger partial charge >= 0.3 is 0 Å². The minimum absolute atomic E-state index is 0.172. The van der Waals surface area contributed by atoms with E-state index in [-0.39, 0.29) is 11.5 Å². The number of hydrogen-bond donors (Lipinski definition) is 1. The number of aromatic nitrogens is 2. The van der Waals surface area contributed by atoms with E-state index in [1.165, 1.54) is 5.56 Å². The van der Waals surface area contributed by atoms with E-state index in [1.54, 1.807) is 0 Å². The van der Waals surface area contributed by atoms with Crippen molar-refractivity contribution >= 4 is 0 Å². The predicted molar refractivity (Wildman–Crippen MR) is 74.8 cm³/mol. The molecule has 0 amide bonds. The third-order valence-electron chi connectivity index (χ3n) is 3.05. The van der Waals surface area contributed by atoms with E-state index in [9.17, 15) is 0 Å². The monoisotopic (exact) mass is 259 g/mol. The smallest absolute Gasteiger partial charge is 0.232 e. The summed E-state index contributed by atoms with van der Waals surface area (Å²) in [5.41, 5.74) is 8.34. The Hall–Kier alpha value is -1.68. The van der Waals surface area contributed by atoms with Crippen LogP contribution in [0.4, 0.5) is 0 Å². The maximum atomic E-state index is 5.69. The Morgan fingerprint density at radius 1 is 1.16 bits per heavy atom. The first-order valence-corrected chi connectivity index (χ1v) is 6.53. The van der Waals surface area contributed by atoms with Gasteiger partial charge in [0.25, 0.3) is 0 Å². The molecular formula is C15H21N3O. The molecule has 0 bridgehead atoms. The molecule has 1 unspecified atom stereocenters. The van der Waals surface area contributed by atoms with Crippen molar-refractivity contribution in [2.45, 2.75) is 45.6 Å². The summed E-state index contributed by atoms with van der Waals surface area (Å²) >= 11 is 0. The second-order valence-electron chi connectivity index (χ2n) is 5.95. The lowest BCUT2D eigenvalue weighted by molar-refractivity contribution is 0.433. The van der Waals surface area contributed by atoms with Gasteiger partial charge in [-0.25, -0.2) is 0 Å². The standard InChI is InChI=1S/C15H21N3O/c1-10(16)14-18-17-13(19-14)9-11-5-7-12(8-6-11)15(2,3)4/h5-8,10H,9,16H2,1-4H3. The Labute approximate surface area is 114 Å². The predicted octanol–water partition coefficient (Wildman–Crippen LogP) is 2.98. The summed E-state index contributed by atoms with van der Waals surface area (Å²) in [5, 5.41) is 7.93. The number of rotatable bonds is 3. The fourth-order valence-electron chi connectivity index (χ4n) is 1.82. The number of benzene rings is 1. The number of hydrogen-bond acceptors (Lipinski definition) is 4. The van der Waals surface area contributed by atoms with Gasteiger partial charge in [0.2, 0.25) is 11.8 Å². The van der Waals surface area contributed by atoms with Crippen molar-refractivity contribution < 1.29 is 4.42 Å². The van der Waals surface area contributed by atoms with Gasteiger partial charge in [0.15, 0.2) is 0 Å². The SMILES string of the molecule is CC(N)c1nnc(Cc2ccc(C(C)(C)C)cc2)o1. The molecular weight excluding hydrogens is 238 g/mol. The van der Waals surface area contributed by atoms with Crippen molar-refractivity contribution in [3.63, 3.8) is 0 Å². The molecule has 0 spiro atoms. The zero-order chi connectivity index (χ0) is 14.0. The highest BCUT2D eigenvalue weighted by Gasteiger charge is 2.14. The van der Waals surface area contributed by atoms with E-state index in [0.717, 1.165) is 5.56 Å². The first-order chi connectivity index (χ1) is 8.86. The van der Waals surface area contributed by atoms with Crippen LogP contribution >= 0.6 is 0 Å². The molecule has 0 aliphatic heterocycles. The lowest BCUT2D eigenvalue weighted by Gasteiger charge is -2.18. The van der Waals surface area contributed by atoms with Crippen molar-refractivity contribution in [1.82, 2.24) is 10.2 Å². The highest BCUT2D eigenvalue weighted by atomic mass is 16.4. The molecule has 0 saturated carbocycles. The molecule has 2 N–H and O–H groups in total. The van der Waals surface area contributed by atoms with Gasteiger partial charge in [-0.2, -0.15) is 0 Å². The van der Waals surface area contributed by atoms with E-state index in [1.807, 2.05) is 6.92 Å². The second kappa shape index (κ2) is 5.13. The van der Waals surface area contributed by atoms with E-state index < -0.39 is 0 Å². The van der Waals surface area contributed by atoms with Crippen molar-refractivity contribution in [2.24, 2.45) is 5.73 Å². The lowest BCUT2D eigenvalue weighted by Crippen LogP contribution is -2.10. The van der Waals surface area contributed by atoms with Crippen LogP contribution in [0.3, 0.4) is 0 Å². The molecule has 19 heavy (non-hydrogen) atoms. The minimum atomic E-state index is -0.218. The normalized spacial score (nSPS) is 13.5. The summed E-state index contributed by atoms with van der Waals surface area (Å²) in [6.07, 6.45) is 0.643. The van der Waals surface area contributed by atoms with Gasteiger partial charge in [0, 0.05) is 0 Å². The zero-order valence-electron chi connectivity index (χ0n) is 12.0. The van der Waals surface area contributed by atoms with Gasteiger partial charge in [-0.05, 0) is 23.5 Å². The van der Waals surface area contributed by atoms with Crippen LogP contribution in [0, 0.1) is 0 Å². The van der Waals surface area contributed by atoms with Gasteiger partial charge in [0.1, 0.15) is 0 Å². The maximum absolute atomic E-state index is 5.69. The van der Waals surface area contributed by atoms with Crippen LogP contribution in [0.1, 0.15) is 56.6 Å². The van der Waals surface area contributed by atoms with Gasteiger partial charge in [-0.3, -0.25) is 0 Å². The molecule has 1 atom stereocenters. The maximum Gasteiger partial charge on any atom is 0.232 e. The molecule has 0 radical (unpaired) electrons. The third-order valence-corrected chi connectivity index (χ3v) is 3.05. The molecule has 4 heteroatoms. The molecule has 1 heterocycles. The Kier molecular flexibility index (Phi) is 3.71. The molecule has 1 aromatic heterocycles. The Bertz CT molecular complexity index is 535. The van der Waals surface area contributed by atoms with Gasteiger partial charge in [0.05, 0.1) is 12.5 Å². The summed E-state index contributed by atoms with van der Waals surface area (Å²) in [6, 6.07) is 8.30. The van der Waals surface area contributed by atoms with Gasteiger partial charge < -0.3 is 10.2 Å². The third kappa shape index (κ3) is 3.41. The highest BCUT2D eigenvalue weighted by Crippen LogP contribution is 2.22. The Morgan fingerprint density at radius 2 is 1.79 bits per heavy atom. The van der Waals surface area contributed by atoms with Crippen LogP contribution < -0.4 is 5.73 Å². The van der Waals surface area contributed by atoms with Crippen molar-refractivity contribution in [3.8, 4) is 0 Å². The van der Waals surface area contributed by atoms with Crippen molar-refractivity contribution in [2.75, 3.05) is 0 Å². The summed E-state index contributed by atoms with van der Waals surface area (Å²) in [5.74, 6) is 1.09. The number of nitrogens with two attached hydrogens (primary N) is 1. The molecule has 0 saturated heterocycles. The zero-order valence-corrected chi connectivity index (χ0v) is 12.0. The fourth-order valence-corrected chi connectivity index (χ4v) is 1.82. The van der Waals surface area contributed by atoms with Gasteiger partial charge in [-0.15, -0.1) is 10.2 Å². The van der Waals surface area contributed by atoms with Crippen LogP contribution in [0.5, 0.6) is 0 Å². The summed E-state index contributed by atoms with van der Waals surface area (Å²) in [6.45, 7) is 8.44. The van der Waals surface area contributed by atoms with Crippen LogP contribution in [-0.4, -0.2) is 10.2 Å². The van der Waals surface area contributed by atoms with E-state index in [2.05, 4.69) is 55.2 Å². The largest absolute Gasteiger partial charge is 0.423 e. The van der Waals surface area contributed by atoms with E-state index in [4.69, 9.17) is 10.2 Å². The summed E-state index contributed by atoms with van der Waals surface area (Å²) in [4.78, 5) is 0. The summed E-state index contributed by atoms with van der Waals surface area (Å²) < 4.78 is 5.50. The molecule has 0 fully saturated rings. The van der Waals surface area contributed by atoms with Crippen molar-refractivity contribution in [3.05, 3.63) is 47.2 Å². The van der Waals surface area contributed by atoms with Crippen LogP contribution in [0.2, 0.25) is 0 Å². The first kappa shape index (κ1) is 13.7. The molecule has 2 aromatic rings. The molecule has 0 aliphatic rings. The quantitative estimate of drug-likeness (QED) is 0.920. The van der Waals surface area contributed by atoms with Crippen LogP contribution in [0.15, 0.2) is 28.7 Å². The number of nitrogens with zero attached hydrogens (tertiary/aromatic N) is 2. The first-order valence-electron chi connectivity index (χ1n) is 6.53. The van der Waals surface area contributed by atoms with Crippen LogP contribution in [-0.2, 0) is 11.8 Å². The minimum Gasteiger partial charge on any atom is -0.423 e. The van der Waals surface area contributed by atoms with Gasteiger partial charge in [-0.1, -0.05) is 45.0 Å². The molecule has 1 aromatic carbocycles. The fraction of sp³-hybridized carbons (Fsp3) is 0.467. The van der Waals surface area contributed by atoms with E-state index >= 15 is 0 Å². The molecule has 102 valence electrons. The average molecular weight is 259 g/mol. The molecule has 4 nitrogen and oxygen atoms in total. The Morgan fingerprint density at radius 3 is 2.26 bits per heavy atom. The van der Waals surface area contributed by atoms with Crippen LogP contribution in [0.25, 0.3) is 0 Å². The molecule has 2 rings (SSSR count). The second-order valence-corrected chi connectivity index (χ2v) is 5.95. The Balaban J connectivity index is 2.11. The topological polar surface area (TPSA) is 64.9 Å². The highest BCUT2D eigenvalue weighted by molar-refractivity contribution is 5.28. The molecule has 0 aliphatic carbocycles. The van der Waals surface area contributed by atoms with Crippen molar-refractivity contribution in [1.29, 1.82) is 0 Å². The average Bonchev–Trinajstić information content (AvgIpc) is 2.77.